The number of β-amino-alcohol motifs (C(OH)–C–C–N with tert-alkyl or cyclic N) is 1. The number of rotatable bonds is 14. The first-order chi connectivity index (χ1) is 20.4. The van der Waals surface area contributed by atoms with E-state index in [0.717, 1.165) is 49.6 Å². The van der Waals surface area contributed by atoms with Crippen LogP contribution in [0.15, 0.2) is 41.1 Å². The topological polar surface area (TPSA) is 125 Å². The average molecular weight is 579 g/mol. The normalized spacial score (nSPS) is 15.9. The number of fused-ring (bicyclic) bond motifs is 1. The number of ether oxygens (including phenoxy) is 2. The second-order valence-corrected chi connectivity index (χ2v) is 11.2. The second-order valence-electron chi connectivity index (χ2n) is 11.2. The number of nitrogens with one attached hydrogen (secondary N) is 2. The standard InChI is InChI=1S/C31H42N6O5/c1-21-28(42-20-33-21)19-41-27-8-7-23-17-37(10-9-22(23)13-27)18-26(38)16-32-31(39)24-14-29(34-25-5-4-6-25)35-30(15-24)36(2)11-12-40-3/h7-8,13-15,20,25-26,38H,4-6,9-12,16-19H2,1-3H3,(H,32,39)(H,34,35)/t26-/m0/s1. The van der Waals surface area contributed by atoms with Crippen LogP contribution in [0.5, 0.6) is 5.75 Å². The molecular weight excluding hydrogens is 536 g/mol. The summed E-state index contributed by atoms with van der Waals surface area (Å²) in [7, 11) is 3.60. The first kappa shape index (κ1) is 29.8. The Labute approximate surface area is 247 Å². The zero-order valence-electron chi connectivity index (χ0n) is 24.8. The van der Waals surface area contributed by atoms with E-state index in [1.165, 1.54) is 23.9 Å². The molecule has 2 aliphatic rings. The molecular formula is C31H42N6O5. The summed E-state index contributed by atoms with van der Waals surface area (Å²) in [5.41, 5.74) is 3.81. The molecule has 1 saturated carbocycles. The summed E-state index contributed by atoms with van der Waals surface area (Å²) in [5, 5.41) is 17.2. The number of oxazole rings is 1. The SMILES string of the molecule is COCCN(C)c1cc(C(=O)NC[C@H](O)CN2CCc3cc(OCc4ocnc4C)ccc3C2)cc(NC2CCC2)n1. The van der Waals surface area contributed by atoms with Crippen LogP contribution in [0.25, 0.3) is 0 Å². The van der Waals surface area contributed by atoms with Gasteiger partial charge in [-0.2, -0.15) is 0 Å². The number of carbonyl (C=O) groups excluding carboxylic acids is 1. The van der Waals surface area contributed by atoms with E-state index >= 15 is 0 Å². The van der Waals surface area contributed by atoms with Crippen molar-refractivity contribution < 1.29 is 23.8 Å². The van der Waals surface area contributed by atoms with E-state index in [1.54, 1.807) is 19.2 Å². The summed E-state index contributed by atoms with van der Waals surface area (Å²) >= 11 is 0. The molecule has 0 saturated heterocycles. The molecule has 3 aromatic rings. The smallest absolute Gasteiger partial charge is 0.251 e. The van der Waals surface area contributed by atoms with E-state index in [-0.39, 0.29) is 12.5 Å². The molecule has 3 heterocycles. The number of methoxy groups -OCH3 is 1. The van der Waals surface area contributed by atoms with Crippen LogP contribution in [0.3, 0.4) is 0 Å². The lowest BCUT2D eigenvalue weighted by Crippen LogP contribution is -2.42. The molecule has 226 valence electrons. The van der Waals surface area contributed by atoms with Crippen molar-refractivity contribution in [1.29, 1.82) is 0 Å². The van der Waals surface area contributed by atoms with Crippen LogP contribution in [0.2, 0.25) is 0 Å². The lowest BCUT2D eigenvalue weighted by atomic mass is 9.93. The highest BCUT2D eigenvalue weighted by Gasteiger charge is 2.22. The van der Waals surface area contributed by atoms with Crippen LogP contribution >= 0.6 is 0 Å². The monoisotopic (exact) mass is 578 g/mol. The van der Waals surface area contributed by atoms with E-state index in [4.69, 9.17) is 18.9 Å². The quantitative estimate of drug-likeness (QED) is 0.263. The number of pyridine rings is 1. The minimum Gasteiger partial charge on any atom is -0.486 e. The first-order valence-electron chi connectivity index (χ1n) is 14.7. The minimum atomic E-state index is -0.693. The number of aliphatic hydroxyl groups excluding tert-OH is 1. The Morgan fingerprint density at radius 2 is 2.12 bits per heavy atom. The number of carbonyl (C=O) groups is 1. The zero-order chi connectivity index (χ0) is 29.5. The molecule has 0 spiro atoms. The summed E-state index contributed by atoms with van der Waals surface area (Å²) < 4.78 is 16.5. The highest BCUT2D eigenvalue weighted by Crippen LogP contribution is 2.26. The molecule has 5 rings (SSSR count). The Morgan fingerprint density at radius 1 is 1.26 bits per heavy atom. The van der Waals surface area contributed by atoms with Gasteiger partial charge in [-0.1, -0.05) is 6.07 Å². The molecule has 2 aromatic heterocycles. The molecule has 42 heavy (non-hydrogen) atoms. The fourth-order valence-electron chi connectivity index (χ4n) is 5.14. The third-order valence-electron chi connectivity index (χ3n) is 8.00. The molecule has 1 amide bonds. The van der Waals surface area contributed by atoms with Gasteiger partial charge in [-0.3, -0.25) is 9.69 Å². The maximum absolute atomic E-state index is 13.1. The van der Waals surface area contributed by atoms with Crippen molar-refractivity contribution in [3.05, 3.63) is 64.9 Å². The number of anilines is 2. The van der Waals surface area contributed by atoms with Crippen molar-refractivity contribution in [3.8, 4) is 5.75 Å². The Balaban J connectivity index is 1.12. The number of benzene rings is 1. The fourth-order valence-corrected chi connectivity index (χ4v) is 5.14. The minimum absolute atomic E-state index is 0.165. The predicted octanol–water partition coefficient (Wildman–Crippen LogP) is 3.15. The molecule has 1 aliphatic carbocycles. The van der Waals surface area contributed by atoms with Crippen molar-refractivity contribution in [3.63, 3.8) is 0 Å². The molecule has 11 nitrogen and oxygen atoms in total. The molecule has 0 radical (unpaired) electrons. The molecule has 0 bridgehead atoms. The summed E-state index contributed by atoms with van der Waals surface area (Å²) in [5.74, 6) is 2.70. The molecule has 3 N–H and O–H groups in total. The van der Waals surface area contributed by atoms with Gasteiger partial charge in [-0.25, -0.2) is 9.97 Å². The van der Waals surface area contributed by atoms with E-state index in [0.29, 0.717) is 49.5 Å². The summed E-state index contributed by atoms with van der Waals surface area (Å²) in [4.78, 5) is 26.1. The van der Waals surface area contributed by atoms with Crippen LogP contribution < -0.4 is 20.3 Å². The van der Waals surface area contributed by atoms with Gasteiger partial charge in [-0.05, 0) is 68.0 Å². The number of hydrogen-bond donors (Lipinski definition) is 3. The van der Waals surface area contributed by atoms with E-state index in [9.17, 15) is 9.90 Å². The van der Waals surface area contributed by atoms with E-state index in [2.05, 4.69) is 32.7 Å². The van der Waals surface area contributed by atoms with Gasteiger partial charge < -0.3 is 34.5 Å². The van der Waals surface area contributed by atoms with Crippen LogP contribution in [0.4, 0.5) is 11.6 Å². The Hall–Kier alpha value is -3.67. The van der Waals surface area contributed by atoms with Gasteiger partial charge in [-0.15, -0.1) is 0 Å². The van der Waals surface area contributed by atoms with E-state index < -0.39 is 6.10 Å². The first-order valence-corrected chi connectivity index (χ1v) is 14.7. The Bertz CT molecular complexity index is 1340. The predicted molar refractivity (Wildman–Crippen MR) is 160 cm³/mol. The number of likely N-dealkylation sites (N-methyl/N-ethyl adjacent to an activating group) is 1. The molecule has 1 aromatic carbocycles. The second kappa shape index (κ2) is 14.0. The fraction of sp³-hybridized carbons (Fsp3) is 0.516. The highest BCUT2D eigenvalue weighted by molar-refractivity contribution is 5.95. The van der Waals surface area contributed by atoms with Crippen molar-refractivity contribution in [2.75, 3.05) is 57.2 Å². The molecule has 11 heteroatoms. The number of hydrogen-bond acceptors (Lipinski definition) is 10. The largest absolute Gasteiger partial charge is 0.486 e. The van der Waals surface area contributed by atoms with Gasteiger partial charge in [0.15, 0.2) is 12.2 Å². The van der Waals surface area contributed by atoms with Gasteiger partial charge in [0.25, 0.3) is 5.91 Å². The molecule has 1 aliphatic heterocycles. The summed E-state index contributed by atoms with van der Waals surface area (Å²) in [6.45, 7) is 5.65. The van der Waals surface area contributed by atoms with Crippen molar-refractivity contribution in [2.24, 2.45) is 0 Å². The zero-order valence-corrected chi connectivity index (χ0v) is 24.8. The number of amides is 1. The van der Waals surface area contributed by atoms with Crippen molar-refractivity contribution in [1.82, 2.24) is 20.2 Å². The number of aromatic nitrogens is 2. The van der Waals surface area contributed by atoms with Crippen molar-refractivity contribution >= 4 is 17.5 Å². The lowest BCUT2D eigenvalue weighted by Gasteiger charge is -2.30. The third-order valence-corrected chi connectivity index (χ3v) is 8.00. The van der Waals surface area contributed by atoms with Gasteiger partial charge >= 0.3 is 0 Å². The maximum atomic E-state index is 13.1. The van der Waals surface area contributed by atoms with E-state index in [1.807, 2.05) is 24.9 Å². The van der Waals surface area contributed by atoms with Gasteiger partial charge in [0.1, 0.15) is 24.0 Å². The number of nitrogens with zero attached hydrogens (tertiary/aromatic N) is 4. The highest BCUT2D eigenvalue weighted by atomic mass is 16.5. The summed E-state index contributed by atoms with van der Waals surface area (Å²) in [6.07, 6.45) is 5.02. The maximum Gasteiger partial charge on any atom is 0.251 e. The van der Waals surface area contributed by atoms with Gasteiger partial charge in [0, 0.05) is 58.5 Å². The van der Waals surface area contributed by atoms with Crippen LogP contribution in [-0.2, 0) is 24.3 Å². The third kappa shape index (κ3) is 7.78. The summed E-state index contributed by atoms with van der Waals surface area (Å²) in [6, 6.07) is 10.1. The average Bonchev–Trinajstić information content (AvgIpc) is 3.39. The Morgan fingerprint density at radius 3 is 2.86 bits per heavy atom. The van der Waals surface area contributed by atoms with Gasteiger partial charge in [0.2, 0.25) is 0 Å². The molecule has 1 fully saturated rings. The Kier molecular flexibility index (Phi) is 9.93. The van der Waals surface area contributed by atoms with Crippen LogP contribution in [0.1, 0.15) is 52.2 Å². The number of aliphatic hydroxyl groups is 1. The number of aryl methyl sites for hydroxylation is 1. The molecule has 1 atom stereocenters. The lowest BCUT2D eigenvalue weighted by molar-refractivity contribution is 0.0841. The van der Waals surface area contributed by atoms with Crippen LogP contribution in [-0.4, -0.2) is 85.0 Å². The van der Waals surface area contributed by atoms with Crippen LogP contribution in [0, 0.1) is 6.92 Å². The van der Waals surface area contributed by atoms with Crippen molar-refractivity contribution in [2.45, 2.75) is 57.9 Å². The molecule has 0 unspecified atom stereocenters. The van der Waals surface area contributed by atoms with Gasteiger partial charge in [0.05, 0.1) is 18.4 Å².